The zero-order valence-electron chi connectivity index (χ0n) is 11.9. The van der Waals surface area contributed by atoms with Crippen LogP contribution in [0.4, 0.5) is 11.6 Å². The minimum atomic E-state index is 0.349. The maximum Gasteiger partial charge on any atom is 0.163 e. The van der Waals surface area contributed by atoms with E-state index in [2.05, 4.69) is 34.4 Å². The zero-order chi connectivity index (χ0) is 13.9. The highest BCUT2D eigenvalue weighted by molar-refractivity contribution is 5.61. The first-order valence-electron chi connectivity index (χ1n) is 7.18. The van der Waals surface area contributed by atoms with Crippen LogP contribution in [0.3, 0.4) is 0 Å². The van der Waals surface area contributed by atoms with Crippen LogP contribution in [0.15, 0.2) is 36.4 Å². The van der Waals surface area contributed by atoms with Crippen LogP contribution in [-0.4, -0.2) is 22.1 Å². The second kappa shape index (κ2) is 5.49. The van der Waals surface area contributed by atoms with Gasteiger partial charge in [-0.05, 0) is 26.7 Å². The van der Waals surface area contributed by atoms with E-state index >= 15 is 0 Å². The van der Waals surface area contributed by atoms with Crippen molar-refractivity contribution in [3.63, 3.8) is 0 Å². The summed E-state index contributed by atoms with van der Waals surface area (Å²) in [5.41, 5.74) is 1.04. The molecule has 0 atom stereocenters. The van der Waals surface area contributed by atoms with Crippen LogP contribution in [0.5, 0.6) is 0 Å². The average Bonchev–Trinajstić information content (AvgIpc) is 3.22. The molecular formula is C16H20N4. The van der Waals surface area contributed by atoms with Crippen molar-refractivity contribution in [2.75, 3.05) is 10.6 Å². The van der Waals surface area contributed by atoms with Gasteiger partial charge in [0.2, 0.25) is 0 Å². The third kappa shape index (κ3) is 3.26. The van der Waals surface area contributed by atoms with Gasteiger partial charge < -0.3 is 10.6 Å². The quantitative estimate of drug-likeness (QED) is 0.871. The van der Waals surface area contributed by atoms with E-state index in [-0.39, 0.29) is 0 Å². The van der Waals surface area contributed by atoms with Gasteiger partial charge in [0.1, 0.15) is 11.6 Å². The van der Waals surface area contributed by atoms with Gasteiger partial charge in [-0.25, -0.2) is 9.97 Å². The normalized spacial score (nSPS) is 14.3. The lowest BCUT2D eigenvalue weighted by Crippen LogP contribution is -2.13. The second-order valence-electron chi connectivity index (χ2n) is 5.55. The van der Waals surface area contributed by atoms with E-state index in [0.29, 0.717) is 12.1 Å². The van der Waals surface area contributed by atoms with Gasteiger partial charge in [0, 0.05) is 23.7 Å². The van der Waals surface area contributed by atoms with Crippen molar-refractivity contribution in [2.45, 2.75) is 38.8 Å². The number of hydrogen-bond acceptors (Lipinski definition) is 4. The Morgan fingerprint density at radius 2 is 1.75 bits per heavy atom. The Bertz CT molecular complexity index is 554. The molecule has 0 saturated heterocycles. The van der Waals surface area contributed by atoms with Gasteiger partial charge >= 0.3 is 0 Å². The first kappa shape index (κ1) is 12.9. The molecule has 104 valence electrons. The SMILES string of the molecule is CC(C)Nc1cc(NC2CC2)nc(-c2ccccc2)n1. The summed E-state index contributed by atoms with van der Waals surface area (Å²) in [5, 5.41) is 6.81. The standard InChI is InChI=1S/C16H20N4/c1-11(2)17-14-10-15(18-13-8-9-13)20-16(19-14)12-6-4-3-5-7-12/h3-7,10-11,13H,8-9H2,1-2H3,(H2,17,18,19,20). The van der Waals surface area contributed by atoms with E-state index < -0.39 is 0 Å². The molecule has 1 saturated carbocycles. The van der Waals surface area contributed by atoms with Crippen molar-refractivity contribution in [3.05, 3.63) is 36.4 Å². The molecule has 2 aromatic rings. The Labute approximate surface area is 119 Å². The van der Waals surface area contributed by atoms with Crippen LogP contribution in [0, 0.1) is 0 Å². The Balaban J connectivity index is 1.94. The smallest absolute Gasteiger partial charge is 0.163 e. The van der Waals surface area contributed by atoms with Crippen molar-refractivity contribution in [1.82, 2.24) is 9.97 Å². The van der Waals surface area contributed by atoms with Gasteiger partial charge in [-0.2, -0.15) is 0 Å². The summed E-state index contributed by atoms with van der Waals surface area (Å²) in [6.45, 7) is 4.22. The number of benzene rings is 1. The molecule has 1 aromatic carbocycles. The van der Waals surface area contributed by atoms with E-state index in [1.165, 1.54) is 12.8 Å². The number of aromatic nitrogens is 2. The highest BCUT2D eigenvalue weighted by Crippen LogP contribution is 2.26. The Kier molecular flexibility index (Phi) is 3.54. The summed E-state index contributed by atoms with van der Waals surface area (Å²) < 4.78 is 0. The molecule has 1 heterocycles. The summed E-state index contributed by atoms with van der Waals surface area (Å²) in [4.78, 5) is 9.24. The topological polar surface area (TPSA) is 49.8 Å². The van der Waals surface area contributed by atoms with Gasteiger partial charge in [0.05, 0.1) is 0 Å². The Hall–Kier alpha value is -2.10. The molecule has 4 nitrogen and oxygen atoms in total. The Morgan fingerprint density at radius 3 is 2.40 bits per heavy atom. The molecule has 0 spiro atoms. The first-order chi connectivity index (χ1) is 9.70. The van der Waals surface area contributed by atoms with E-state index in [4.69, 9.17) is 0 Å². The fourth-order valence-electron chi connectivity index (χ4n) is 2.04. The number of rotatable bonds is 5. The van der Waals surface area contributed by atoms with Crippen LogP contribution in [0.2, 0.25) is 0 Å². The summed E-state index contributed by atoms with van der Waals surface area (Å²) >= 11 is 0. The van der Waals surface area contributed by atoms with Gasteiger partial charge in [0.15, 0.2) is 5.82 Å². The maximum atomic E-state index is 4.63. The molecule has 4 heteroatoms. The fraction of sp³-hybridized carbons (Fsp3) is 0.375. The van der Waals surface area contributed by atoms with Crippen LogP contribution >= 0.6 is 0 Å². The van der Waals surface area contributed by atoms with Gasteiger partial charge in [-0.1, -0.05) is 30.3 Å². The lowest BCUT2D eigenvalue weighted by molar-refractivity contribution is 0.887. The number of hydrogen-bond donors (Lipinski definition) is 2. The average molecular weight is 268 g/mol. The summed E-state index contributed by atoms with van der Waals surface area (Å²) in [5.74, 6) is 2.54. The van der Waals surface area contributed by atoms with Crippen molar-refractivity contribution in [3.8, 4) is 11.4 Å². The van der Waals surface area contributed by atoms with Gasteiger partial charge in [0.25, 0.3) is 0 Å². The van der Waals surface area contributed by atoms with Crippen LogP contribution in [0.25, 0.3) is 11.4 Å². The molecule has 20 heavy (non-hydrogen) atoms. The predicted molar refractivity (Wildman–Crippen MR) is 82.9 cm³/mol. The number of anilines is 2. The number of nitrogens with one attached hydrogen (secondary N) is 2. The van der Waals surface area contributed by atoms with Crippen LogP contribution in [0.1, 0.15) is 26.7 Å². The van der Waals surface area contributed by atoms with Gasteiger partial charge in [-0.15, -0.1) is 0 Å². The van der Waals surface area contributed by atoms with E-state index in [9.17, 15) is 0 Å². The molecule has 0 unspecified atom stereocenters. The molecule has 1 aromatic heterocycles. The highest BCUT2D eigenvalue weighted by Gasteiger charge is 2.22. The summed E-state index contributed by atoms with van der Waals surface area (Å²) in [6, 6.07) is 13.0. The summed E-state index contributed by atoms with van der Waals surface area (Å²) in [6.07, 6.45) is 2.47. The van der Waals surface area contributed by atoms with Gasteiger partial charge in [-0.3, -0.25) is 0 Å². The van der Waals surface area contributed by atoms with Crippen LogP contribution < -0.4 is 10.6 Å². The molecule has 1 aliphatic carbocycles. The second-order valence-corrected chi connectivity index (χ2v) is 5.55. The third-order valence-corrected chi connectivity index (χ3v) is 3.12. The van der Waals surface area contributed by atoms with Crippen molar-refractivity contribution >= 4 is 11.6 Å². The molecule has 1 aliphatic rings. The minimum absolute atomic E-state index is 0.349. The zero-order valence-corrected chi connectivity index (χ0v) is 11.9. The molecule has 0 aliphatic heterocycles. The largest absolute Gasteiger partial charge is 0.368 e. The maximum absolute atomic E-state index is 4.63. The molecule has 0 radical (unpaired) electrons. The van der Waals surface area contributed by atoms with Crippen molar-refractivity contribution in [2.24, 2.45) is 0 Å². The van der Waals surface area contributed by atoms with Crippen molar-refractivity contribution < 1.29 is 0 Å². The molecule has 3 rings (SSSR count). The van der Waals surface area contributed by atoms with E-state index in [0.717, 1.165) is 23.0 Å². The Morgan fingerprint density at radius 1 is 1.05 bits per heavy atom. The molecular weight excluding hydrogens is 248 g/mol. The highest BCUT2D eigenvalue weighted by atomic mass is 15.1. The van der Waals surface area contributed by atoms with E-state index in [1.807, 2.05) is 36.4 Å². The lowest BCUT2D eigenvalue weighted by Gasteiger charge is -2.13. The van der Waals surface area contributed by atoms with Crippen LogP contribution in [-0.2, 0) is 0 Å². The monoisotopic (exact) mass is 268 g/mol. The fourth-order valence-corrected chi connectivity index (χ4v) is 2.04. The molecule has 2 N–H and O–H groups in total. The molecule has 0 amide bonds. The predicted octanol–water partition coefficient (Wildman–Crippen LogP) is 3.54. The lowest BCUT2D eigenvalue weighted by atomic mass is 10.2. The molecule has 1 fully saturated rings. The summed E-state index contributed by atoms with van der Waals surface area (Å²) in [7, 11) is 0. The number of nitrogens with zero attached hydrogens (tertiary/aromatic N) is 2. The van der Waals surface area contributed by atoms with E-state index in [1.54, 1.807) is 0 Å². The minimum Gasteiger partial charge on any atom is -0.368 e. The van der Waals surface area contributed by atoms with Crippen molar-refractivity contribution in [1.29, 1.82) is 0 Å². The third-order valence-electron chi connectivity index (χ3n) is 3.12. The molecule has 0 bridgehead atoms. The first-order valence-corrected chi connectivity index (χ1v) is 7.18.